The number of nitrogens with two attached hydrogens (primary N) is 1. The zero-order valence-electron chi connectivity index (χ0n) is 11.3. The first kappa shape index (κ1) is 12.4. The van der Waals surface area contributed by atoms with Gasteiger partial charge >= 0.3 is 0 Å². The molecule has 98 valence electrons. The van der Waals surface area contributed by atoms with Gasteiger partial charge in [0.25, 0.3) is 0 Å². The predicted octanol–water partition coefficient (Wildman–Crippen LogP) is 3.59. The molecule has 0 heterocycles. The first-order valence-corrected chi connectivity index (χ1v) is 6.67. The lowest BCUT2D eigenvalue weighted by atomic mass is 9.82. The highest BCUT2D eigenvalue weighted by Gasteiger charge is 2.39. The molecule has 1 aliphatic rings. The molecule has 3 rings (SSSR count). The monoisotopic (exact) mass is 255 g/mol. The average Bonchev–Trinajstić information content (AvgIpc) is 2.67. The molecule has 0 saturated carbocycles. The molecular formula is C17H18FN. The predicted molar refractivity (Wildman–Crippen MR) is 75.6 cm³/mol. The zero-order valence-corrected chi connectivity index (χ0v) is 11.3. The van der Waals surface area contributed by atoms with Crippen LogP contribution in [0.1, 0.15) is 34.2 Å². The molecule has 0 bridgehead atoms. The van der Waals surface area contributed by atoms with E-state index >= 15 is 0 Å². The van der Waals surface area contributed by atoms with Crippen molar-refractivity contribution in [3.05, 3.63) is 70.0 Å². The SMILES string of the molecule is Cc1cc(C)c(C2(N)CCc3ccccc32)c(F)c1. The third kappa shape index (κ3) is 1.79. The highest BCUT2D eigenvalue weighted by Crippen LogP contribution is 2.42. The van der Waals surface area contributed by atoms with E-state index in [0.29, 0.717) is 5.56 Å². The smallest absolute Gasteiger partial charge is 0.129 e. The van der Waals surface area contributed by atoms with E-state index in [1.165, 1.54) is 5.56 Å². The van der Waals surface area contributed by atoms with Crippen molar-refractivity contribution in [2.24, 2.45) is 5.73 Å². The molecule has 0 radical (unpaired) electrons. The van der Waals surface area contributed by atoms with Crippen molar-refractivity contribution in [3.8, 4) is 0 Å². The zero-order chi connectivity index (χ0) is 13.6. The minimum absolute atomic E-state index is 0.184. The van der Waals surface area contributed by atoms with E-state index < -0.39 is 5.54 Å². The van der Waals surface area contributed by atoms with Gasteiger partial charge in [0.1, 0.15) is 5.82 Å². The van der Waals surface area contributed by atoms with Crippen LogP contribution in [0, 0.1) is 19.7 Å². The molecule has 0 fully saturated rings. The third-order valence-corrected chi connectivity index (χ3v) is 4.16. The highest BCUT2D eigenvalue weighted by molar-refractivity contribution is 5.50. The van der Waals surface area contributed by atoms with Crippen LogP contribution < -0.4 is 5.73 Å². The van der Waals surface area contributed by atoms with E-state index in [9.17, 15) is 4.39 Å². The lowest BCUT2D eigenvalue weighted by Gasteiger charge is -2.28. The molecule has 19 heavy (non-hydrogen) atoms. The summed E-state index contributed by atoms with van der Waals surface area (Å²) in [6.45, 7) is 3.85. The van der Waals surface area contributed by atoms with Crippen LogP contribution in [0.4, 0.5) is 4.39 Å². The van der Waals surface area contributed by atoms with Crippen LogP contribution in [0.25, 0.3) is 0 Å². The van der Waals surface area contributed by atoms with Crippen molar-refractivity contribution in [3.63, 3.8) is 0 Å². The van der Waals surface area contributed by atoms with E-state index in [-0.39, 0.29) is 5.82 Å². The Balaban J connectivity index is 2.23. The second-order valence-electron chi connectivity index (χ2n) is 5.57. The van der Waals surface area contributed by atoms with E-state index in [0.717, 1.165) is 29.5 Å². The van der Waals surface area contributed by atoms with Crippen molar-refractivity contribution in [1.82, 2.24) is 0 Å². The summed E-state index contributed by atoms with van der Waals surface area (Å²) < 4.78 is 14.4. The third-order valence-electron chi connectivity index (χ3n) is 4.16. The van der Waals surface area contributed by atoms with Gasteiger partial charge in [0.2, 0.25) is 0 Å². The van der Waals surface area contributed by atoms with Gasteiger partial charge in [-0.2, -0.15) is 0 Å². The first-order valence-electron chi connectivity index (χ1n) is 6.67. The van der Waals surface area contributed by atoms with Crippen LogP contribution in [0.5, 0.6) is 0 Å². The quantitative estimate of drug-likeness (QED) is 0.828. The van der Waals surface area contributed by atoms with E-state index in [4.69, 9.17) is 5.73 Å². The molecule has 2 heteroatoms. The molecule has 2 N–H and O–H groups in total. The van der Waals surface area contributed by atoms with Gasteiger partial charge in [-0.1, -0.05) is 30.3 Å². The maximum absolute atomic E-state index is 14.4. The van der Waals surface area contributed by atoms with Crippen molar-refractivity contribution in [2.75, 3.05) is 0 Å². The van der Waals surface area contributed by atoms with Crippen LogP contribution >= 0.6 is 0 Å². The molecule has 0 amide bonds. The molecule has 0 aromatic heterocycles. The molecule has 1 unspecified atom stereocenters. The number of hydrogen-bond donors (Lipinski definition) is 1. The number of halogens is 1. The van der Waals surface area contributed by atoms with Gasteiger partial charge in [-0.05, 0) is 55.0 Å². The van der Waals surface area contributed by atoms with Gasteiger partial charge in [0, 0.05) is 5.56 Å². The summed E-state index contributed by atoms with van der Waals surface area (Å²) in [7, 11) is 0. The summed E-state index contributed by atoms with van der Waals surface area (Å²) in [4.78, 5) is 0. The standard InChI is InChI=1S/C17H18FN/c1-11-9-12(2)16(15(18)10-11)17(19)8-7-13-5-3-4-6-14(13)17/h3-6,9-10H,7-8,19H2,1-2H3. The molecule has 1 atom stereocenters. The normalized spacial score (nSPS) is 21.5. The summed E-state index contributed by atoms with van der Waals surface area (Å²) in [5.74, 6) is -0.184. The van der Waals surface area contributed by atoms with E-state index in [1.807, 2.05) is 38.1 Å². The largest absolute Gasteiger partial charge is 0.318 e. The number of fused-ring (bicyclic) bond motifs is 1. The second-order valence-corrected chi connectivity index (χ2v) is 5.57. The summed E-state index contributed by atoms with van der Waals surface area (Å²) >= 11 is 0. The van der Waals surface area contributed by atoms with Gasteiger partial charge in [-0.3, -0.25) is 0 Å². The Morgan fingerprint density at radius 3 is 2.63 bits per heavy atom. The van der Waals surface area contributed by atoms with Crippen LogP contribution in [0.2, 0.25) is 0 Å². The summed E-state index contributed by atoms with van der Waals surface area (Å²) in [5.41, 5.74) is 10.8. The summed E-state index contributed by atoms with van der Waals surface area (Å²) in [5, 5.41) is 0. The Bertz CT molecular complexity index is 624. The minimum atomic E-state index is -0.682. The van der Waals surface area contributed by atoms with Crippen LogP contribution in [-0.2, 0) is 12.0 Å². The molecule has 2 aromatic rings. The Morgan fingerprint density at radius 1 is 1.16 bits per heavy atom. The fourth-order valence-electron chi connectivity index (χ4n) is 3.38. The Labute approximate surface area is 113 Å². The van der Waals surface area contributed by atoms with Gasteiger partial charge < -0.3 is 5.73 Å². The maximum atomic E-state index is 14.4. The summed E-state index contributed by atoms with van der Waals surface area (Å²) in [6, 6.07) is 11.7. The Hall–Kier alpha value is -1.67. The van der Waals surface area contributed by atoms with Crippen LogP contribution in [-0.4, -0.2) is 0 Å². The topological polar surface area (TPSA) is 26.0 Å². The van der Waals surface area contributed by atoms with Crippen LogP contribution in [0.15, 0.2) is 36.4 Å². The van der Waals surface area contributed by atoms with Crippen molar-refractivity contribution >= 4 is 0 Å². The van der Waals surface area contributed by atoms with Crippen molar-refractivity contribution in [1.29, 1.82) is 0 Å². The molecule has 0 spiro atoms. The molecule has 0 aliphatic heterocycles. The molecule has 2 aromatic carbocycles. The van der Waals surface area contributed by atoms with Gasteiger partial charge in [-0.15, -0.1) is 0 Å². The molecule has 0 saturated heterocycles. The highest BCUT2D eigenvalue weighted by atomic mass is 19.1. The fourth-order valence-corrected chi connectivity index (χ4v) is 3.38. The second kappa shape index (κ2) is 4.17. The van der Waals surface area contributed by atoms with Crippen LogP contribution in [0.3, 0.4) is 0 Å². The van der Waals surface area contributed by atoms with E-state index in [2.05, 4.69) is 6.07 Å². The maximum Gasteiger partial charge on any atom is 0.129 e. The summed E-state index contributed by atoms with van der Waals surface area (Å²) in [6.07, 6.45) is 1.69. The van der Waals surface area contributed by atoms with Gasteiger partial charge in [0.15, 0.2) is 0 Å². The number of aryl methyl sites for hydroxylation is 3. The number of benzene rings is 2. The average molecular weight is 255 g/mol. The van der Waals surface area contributed by atoms with Crippen molar-refractivity contribution < 1.29 is 4.39 Å². The first-order chi connectivity index (χ1) is 9.02. The lowest BCUT2D eigenvalue weighted by molar-refractivity contribution is 0.487. The lowest BCUT2D eigenvalue weighted by Crippen LogP contribution is -2.37. The molecule has 1 aliphatic carbocycles. The fraction of sp³-hybridized carbons (Fsp3) is 0.294. The van der Waals surface area contributed by atoms with Crippen molar-refractivity contribution in [2.45, 2.75) is 32.2 Å². The number of rotatable bonds is 1. The molecule has 1 nitrogen and oxygen atoms in total. The number of hydrogen-bond acceptors (Lipinski definition) is 1. The minimum Gasteiger partial charge on any atom is -0.318 e. The van der Waals surface area contributed by atoms with Gasteiger partial charge in [0.05, 0.1) is 5.54 Å². The van der Waals surface area contributed by atoms with Gasteiger partial charge in [-0.25, -0.2) is 4.39 Å². The van der Waals surface area contributed by atoms with E-state index in [1.54, 1.807) is 6.07 Å². The Morgan fingerprint density at radius 2 is 1.89 bits per heavy atom. The Kier molecular flexibility index (Phi) is 2.72. The molecular weight excluding hydrogens is 237 g/mol.